The lowest BCUT2D eigenvalue weighted by Crippen LogP contribution is -1.97. The van der Waals surface area contributed by atoms with Gasteiger partial charge in [-0.15, -0.1) is 0 Å². The van der Waals surface area contributed by atoms with Crippen LogP contribution < -0.4 is 0 Å². The summed E-state index contributed by atoms with van der Waals surface area (Å²) < 4.78 is 0. The summed E-state index contributed by atoms with van der Waals surface area (Å²) in [4.78, 5) is 0. The van der Waals surface area contributed by atoms with Gasteiger partial charge in [0.2, 0.25) is 0 Å². The average Bonchev–Trinajstić information content (AvgIpc) is 2.58. The first-order valence-corrected chi connectivity index (χ1v) is 6.98. The molecule has 0 spiro atoms. The Bertz CT molecular complexity index is 737. The normalized spacial score (nSPS) is 11.6. The first-order chi connectivity index (χ1) is 10.4. The Morgan fingerprint density at radius 3 is 1.62 bits per heavy atom. The molecule has 0 aliphatic rings. The summed E-state index contributed by atoms with van der Waals surface area (Å²) in [5.41, 5.74) is 4.43. The number of rotatable bonds is 3. The molecule has 1 heteroatoms. The lowest BCUT2D eigenvalue weighted by molar-refractivity contribution is 1.04. The van der Waals surface area contributed by atoms with Crippen LogP contribution in [0.25, 0.3) is 11.1 Å². The van der Waals surface area contributed by atoms with Gasteiger partial charge in [-0.05, 0) is 22.3 Å². The van der Waals surface area contributed by atoms with E-state index in [0.29, 0.717) is 0 Å². The fourth-order valence-electron chi connectivity index (χ4n) is 2.49. The highest BCUT2D eigenvalue weighted by Crippen LogP contribution is 2.26. The molecule has 0 N–H and O–H groups in total. The predicted molar refractivity (Wildman–Crippen MR) is 85.8 cm³/mol. The van der Waals surface area contributed by atoms with Gasteiger partial charge in [-0.3, -0.25) is 0 Å². The Labute approximate surface area is 125 Å². The first-order valence-electron chi connectivity index (χ1n) is 6.98. The van der Waals surface area contributed by atoms with Crippen LogP contribution >= 0.6 is 0 Å². The van der Waals surface area contributed by atoms with Gasteiger partial charge >= 0.3 is 0 Å². The molecule has 0 aliphatic carbocycles. The lowest BCUT2D eigenvalue weighted by Gasteiger charge is -2.10. The van der Waals surface area contributed by atoms with Crippen LogP contribution in [0.2, 0.25) is 0 Å². The first kappa shape index (κ1) is 13.1. The van der Waals surface area contributed by atoms with Crippen molar-refractivity contribution in [3.63, 3.8) is 0 Å². The van der Waals surface area contributed by atoms with Crippen LogP contribution in [0.15, 0.2) is 84.9 Å². The third kappa shape index (κ3) is 2.85. The molecular weight excluding hydrogens is 254 g/mol. The van der Waals surface area contributed by atoms with Gasteiger partial charge in [0, 0.05) is 0 Å². The second-order valence-corrected chi connectivity index (χ2v) is 4.96. The molecule has 1 atom stereocenters. The molecule has 0 unspecified atom stereocenters. The summed E-state index contributed by atoms with van der Waals surface area (Å²) in [5.74, 6) is -0.212. The summed E-state index contributed by atoms with van der Waals surface area (Å²) in [5, 5.41) is 9.47. The topological polar surface area (TPSA) is 23.8 Å². The van der Waals surface area contributed by atoms with Gasteiger partial charge in [-0.2, -0.15) is 5.26 Å². The zero-order valence-electron chi connectivity index (χ0n) is 11.6. The Hall–Kier alpha value is -2.85. The monoisotopic (exact) mass is 269 g/mol. The number of hydrogen-bond acceptors (Lipinski definition) is 1. The summed E-state index contributed by atoms with van der Waals surface area (Å²) in [6, 6.07) is 30.8. The molecule has 0 amide bonds. The minimum absolute atomic E-state index is 0.212. The molecule has 0 saturated heterocycles. The smallest absolute Gasteiger partial charge is 0.0962 e. The van der Waals surface area contributed by atoms with Crippen molar-refractivity contribution in [2.24, 2.45) is 0 Å². The molecule has 0 bridgehead atoms. The zero-order chi connectivity index (χ0) is 14.5. The standard InChI is InChI=1S/C20H15N/c21-15-20(18-9-5-2-6-10-18)19-13-11-17(12-14-19)16-7-3-1-4-8-16/h1-14,20H/t20-/m0/s1. The van der Waals surface area contributed by atoms with Gasteiger partial charge in [0.05, 0.1) is 12.0 Å². The van der Waals surface area contributed by atoms with Gasteiger partial charge in [0.1, 0.15) is 0 Å². The molecule has 0 heterocycles. The van der Waals surface area contributed by atoms with Crippen LogP contribution in [0, 0.1) is 11.3 Å². The van der Waals surface area contributed by atoms with Crippen molar-refractivity contribution in [2.45, 2.75) is 5.92 Å². The third-order valence-electron chi connectivity index (χ3n) is 3.61. The van der Waals surface area contributed by atoms with Gasteiger partial charge in [-0.1, -0.05) is 84.9 Å². The van der Waals surface area contributed by atoms with E-state index in [1.54, 1.807) is 0 Å². The van der Waals surface area contributed by atoms with Crippen LogP contribution in [0.1, 0.15) is 17.0 Å². The number of benzene rings is 3. The van der Waals surface area contributed by atoms with Crippen molar-refractivity contribution < 1.29 is 0 Å². The second kappa shape index (κ2) is 6.07. The van der Waals surface area contributed by atoms with E-state index < -0.39 is 0 Å². The van der Waals surface area contributed by atoms with Gasteiger partial charge in [0.25, 0.3) is 0 Å². The van der Waals surface area contributed by atoms with E-state index in [-0.39, 0.29) is 5.92 Å². The maximum Gasteiger partial charge on any atom is 0.0962 e. The summed E-state index contributed by atoms with van der Waals surface area (Å²) >= 11 is 0. The van der Waals surface area contributed by atoms with Crippen LogP contribution in [0.4, 0.5) is 0 Å². The second-order valence-electron chi connectivity index (χ2n) is 4.96. The highest BCUT2D eigenvalue weighted by molar-refractivity contribution is 5.63. The summed E-state index contributed by atoms with van der Waals surface area (Å²) in [7, 11) is 0. The highest BCUT2D eigenvalue weighted by atomic mass is 14.3. The van der Waals surface area contributed by atoms with E-state index in [0.717, 1.165) is 11.1 Å². The molecule has 3 aromatic rings. The maximum absolute atomic E-state index is 9.47. The average molecular weight is 269 g/mol. The van der Waals surface area contributed by atoms with E-state index >= 15 is 0 Å². The van der Waals surface area contributed by atoms with Crippen molar-refractivity contribution in [3.8, 4) is 17.2 Å². The van der Waals surface area contributed by atoms with Crippen molar-refractivity contribution in [1.29, 1.82) is 5.26 Å². The van der Waals surface area contributed by atoms with Crippen molar-refractivity contribution in [1.82, 2.24) is 0 Å². The molecule has 100 valence electrons. The molecule has 3 rings (SSSR count). The summed E-state index contributed by atoms with van der Waals surface area (Å²) in [6.45, 7) is 0. The zero-order valence-corrected chi connectivity index (χ0v) is 11.6. The molecule has 1 nitrogen and oxygen atoms in total. The van der Waals surface area contributed by atoms with Gasteiger partial charge in [0.15, 0.2) is 0 Å². The lowest BCUT2D eigenvalue weighted by atomic mass is 9.91. The number of hydrogen-bond donors (Lipinski definition) is 0. The predicted octanol–water partition coefficient (Wildman–Crippen LogP) is 5.01. The van der Waals surface area contributed by atoms with Crippen LogP contribution in [-0.4, -0.2) is 0 Å². The molecule has 0 radical (unpaired) electrons. The van der Waals surface area contributed by atoms with E-state index in [1.807, 2.05) is 60.7 Å². The van der Waals surface area contributed by atoms with E-state index in [1.165, 1.54) is 11.1 Å². The van der Waals surface area contributed by atoms with Crippen molar-refractivity contribution >= 4 is 0 Å². The molecule has 0 saturated carbocycles. The van der Waals surface area contributed by atoms with Gasteiger partial charge in [-0.25, -0.2) is 0 Å². The summed E-state index contributed by atoms with van der Waals surface area (Å²) in [6.07, 6.45) is 0. The molecule has 21 heavy (non-hydrogen) atoms. The number of nitrogens with zero attached hydrogens (tertiary/aromatic N) is 1. The SMILES string of the molecule is N#C[C@@H](c1ccccc1)c1ccc(-c2ccccc2)cc1. The van der Waals surface area contributed by atoms with Crippen molar-refractivity contribution in [3.05, 3.63) is 96.1 Å². The third-order valence-corrected chi connectivity index (χ3v) is 3.61. The minimum atomic E-state index is -0.212. The fourth-order valence-corrected chi connectivity index (χ4v) is 2.49. The van der Waals surface area contributed by atoms with Gasteiger partial charge < -0.3 is 0 Å². The molecule has 3 aromatic carbocycles. The Morgan fingerprint density at radius 2 is 1.05 bits per heavy atom. The van der Waals surface area contributed by atoms with Crippen LogP contribution in [-0.2, 0) is 0 Å². The fraction of sp³-hybridized carbons (Fsp3) is 0.0500. The minimum Gasteiger partial charge on any atom is -0.197 e. The highest BCUT2D eigenvalue weighted by Gasteiger charge is 2.12. The molecule has 0 fully saturated rings. The van der Waals surface area contributed by atoms with Crippen LogP contribution in [0.5, 0.6) is 0 Å². The Kier molecular flexibility index (Phi) is 3.80. The quantitative estimate of drug-likeness (QED) is 0.655. The number of nitriles is 1. The largest absolute Gasteiger partial charge is 0.197 e. The molecule has 0 aromatic heterocycles. The Balaban J connectivity index is 1.92. The van der Waals surface area contributed by atoms with E-state index in [4.69, 9.17) is 0 Å². The Morgan fingerprint density at radius 1 is 0.571 bits per heavy atom. The van der Waals surface area contributed by atoms with Crippen LogP contribution in [0.3, 0.4) is 0 Å². The maximum atomic E-state index is 9.47. The van der Waals surface area contributed by atoms with E-state index in [2.05, 4.69) is 30.3 Å². The molecule has 0 aliphatic heterocycles. The van der Waals surface area contributed by atoms with Crippen molar-refractivity contribution in [2.75, 3.05) is 0 Å². The van der Waals surface area contributed by atoms with E-state index in [9.17, 15) is 5.26 Å². The molecular formula is C20H15N.